The molecule has 9 amide bonds. The van der Waals surface area contributed by atoms with Crippen molar-refractivity contribution < 1.29 is 116 Å². The Morgan fingerprint density at radius 2 is 1.03 bits per heavy atom. The minimum atomic E-state index is -1.84. The fraction of sp³-hybridized carbons (Fsp3) is 0.598. The number of unbranched alkanes of at least 4 members (excludes halogenated alkanes) is 1. The quantitative estimate of drug-likeness (QED) is 0.00405. The highest BCUT2D eigenvalue weighted by molar-refractivity contribution is 8.76. The Balaban J connectivity index is 1.41. The summed E-state index contributed by atoms with van der Waals surface area (Å²) in [6.07, 6.45) is -2.46. The van der Waals surface area contributed by atoms with Crippen LogP contribution in [0.1, 0.15) is 187 Å². The zero-order valence-electron chi connectivity index (χ0n) is 82.9. The summed E-state index contributed by atoms with van der Waals surface area (Å²) in [5, 5.41) is 70.8. The molecule has 40 heteroatoms. The van der Waals surface area contributed by atoms with E-state index in [1.54, 1.807) is 219 Å². The van der Waals surface area contributed by atoms with Gasteiger partial charge in [-0.15, -0.1) is 0 Å². The van der Waals surface area contributed by atoms with Gasteiger partial charge in [-0.25, -0.2) is 14.6 Å². The molecule has 1 aliphatic rings. The van der Waals surface area contributed by atoms with Gasteiger partial charge in [-0.05, 0) is 224 Å². The van der Waals surface area contributed by atoms with E-state index in [1.165, 1.54) is 38.1 Å². The lowest BCUT2D eigenvalue weighted by Crippen LogP contribution is -2.62. The summed E-state index contributed by atoms with van der Waals surface area (Å²) in [4.78, 5) is 209. The van der Waals surface area contributed by atoms with Gasteiger partial charge in [0.1, 0.15) is 82.8 Å². The van der Waals surface area contributed by atoms with Gasteiger partial charge < -0.3 is 102 Å². The van der Waals surface area contributed by atoms with Gasteiger partial charge in [0.2, 0.25) is 47.3 Å². The number of phenols is 1. The number of carbonyl (C=O) groups is 13. The molecule has 2 heterocycles. The van der Waals surface area contributed by atoms with Crippen molar-refractivity contribution >= 4 is 115 Å². The summed E-state index contributed by atoms with van der Waals surface area (Å²) in [5.74, 6) is -10.9. The van der Waals surface area contributed by atoms with Gasteiger partial charge in [0, 0.05) is 85.3 Å². The number of anilines is 1. The number of carbonyl (C=O) groups excluding carboxylic acids is 13. The van der Waals surface area contributed by atoms with Crippen LogP contribution in [-0.4, -0.2) is 301 Å². The fourth-order valence-electron chi connectivity index (χ4n) is 14.3. The lowest BCUT2D eigenvalue weighted by molar-refractivity contribution is -0.368. The molecule has 38 nitrogen and oxygen atoms in total. The number of aromatic hydroxyl groups is 1. The molecule has 1 saturated heterocycles. The van der Waals surface area contributed by atoms with Crippen LogP contribution in [0.25, 0.3) is 10.9 Å². The fourth-order valence-corrected chi connectivity index (χ4v) is 16.6. The largest absolute Gasteiger partial charge is 0.508 e. The monoisotopic (exact) mass is 1960 g/mol. The van der Waals surface area contributed by atoms with Crippen LogP contribution in [0.15, 0.2) is 109 Å². The molecular weight excluding hydrogens is 1810 g/mol. The van der Waals surface area contributed by atoms with Crippen molar-refractivity contribution in [1.82, 2.24) is 67.5 Å². The average Bonchev–Trinajstić information content (AvgIpc) is 1.66. The van der Waals surface area contributed by atoms with Gasteiger partial charge in [0.05, 0.1) is 63.2 Å². The second-order valence-electron chi connectivity index (χ2n) is 40.2. The van der Waals surface area contributed by atoms with E-state index in [4.69, 9.17) is 33.5 Å². The molecule has 12 atom stereocenters. The second kappa shape index (κ2) is 53.5. The number of aliphatic hydroxyl groups is 3. The number of hydrogen-bond donors (Lipinski definition) is 15. The number of fused-ring (bicyclic) bond motifs is 1. The van der Waals surface area contributed by atoms with Crippen molar-refractivity contribution in [1.29, 1.82) is 0 Å². The summed E-state index contributed by atoms with van der Waals surface area (Å²) in [5.41, 5.74) is -1.98. The molecule has 760 valence electrons. The number of hydrogen-bond acceptors (Lipinski definition) is 30. The number of aromatic nitrogens is 1. The van der Waals surface area contributed by atoms with Gasteiger partial charge in [-0.2, -0.15) is 0 Å². The number of aromatic amines is 1. The van der Waals surface area contributed by atoms with E-state index in [1.807, 2.05) is 11.8 Å². The van der Waals surface area contributed by atoms with Gasteiger partial charge in [-0.3, -0.25) is 72.2 Å². The van der Waals surface area contributed by atoms with Gasteiger partial charge in [0.25, 0.3) is 0 Å². The van der Waals surface area contributed by atoms with Crippen molar-refractivity contribution in [3.05, 3.63) is 132 Å². The first-order valence-corrected chi connectivity index (χ1v) is 48.5. The standard InChI is InChI=1S/C97H146N14O24S2/c1-59(49-109(51-79(117)130-92(4,5)6)52-80(118)131-93(7,8)9)111(58-129-135-97(19,20)21)67(50-110(53-81(119)132-94(10,11)12)54-82(120)133-95(13,14)15)43-63-34-38-66(39-35-63)99-48-78(116)101-72(44-62-29-23-22-24-30-62)85(122)106-76-56-136-137-57-77(89(126)105-75(55-112)60(2)113)107-90(127)83(61(3)114)108-84(121)71(33-27-28-42-98-91(128)134-96(16,17)18)102-87(124)74(46-65-47-100-70-32-26-25-31-69(65)70)104-86(123)73(103-88(76)125)45-64-36-40-68(115)41-37-64/h22-26,29-32,34-41,47,59-61,67,71-77,83,99-100,112-115H,27-28,33,42-46,48-58H2,1-21H3,(H,98,128)(H,101,116)(H,102,124)(H,103,125)(H,104,123)(H,105,126)(H,106,122)(H,107,127)(H,108,121)/t59?,60?,61?,67?,71-,72?,73-,74-,75+,76?,77?,83-/m0/s1. The average molecular weight is 1960 g/mol. The van der Waals surface area contributed by atoms with Gasteiger partial charge in [-0.1, -0.05) is 94.4 Å². The summed E-state index contributed by atoms with van der Waals surface area (Å²) >= 11 is 0. The number of para-hydroxylation sites is 1. The molecule has 0 spiro atoms. The Bertz CT molecular complexity index is 4710. The van der Waals surface area contributed by atoms with E-state index in [2.05, 4.69) is 58.2 Å². The molecule has 15 N–H and O–H groups in total. The van der Waals surface area contributed by atoms with Crippen LogP contribution in [0.4, 0.5) is 10.5 Å². The van der Waals surface area contributed by atoms with Crippen LogP contribution in [0.5, 0.6) is 5.75 Å². The zero-order valence-corrected chi connectivity index (χ0v) is 84.5. The van der Waals surface area contributed by atoms with Crippen LogP contribution >= 0.6 is 21.6 Å². The summed E-state index contributed by atoms with van der Waals surface area (Å²) < 4.78 is 28.5. The van der Waals surface area contributed by atoms with E-state index in [0.29, 0.717) is 38.8 Å². The Morgan fingerprint density at radius 1 is 0.526 bits per heavy atom. The van der Waals surface area contributed by atoms with Crippen LogP contribution in [0, 0.1) is 0 Å². The number of esters is 4. The maximum atomic E-state index is 15.6. The SMILES string of the molecule is CC(O)[C@@H]1NC(=O)[C@H](CCCCNC(=O)OC(C)(C)C)NC(=O)[C@H](Cc2c[nH]c3ccccc23)NC(=O)[C@H](Cc2ccc(O)cc2)NC(=O)C(NC(=O)C(Cc2ccccc2)NC(=O)CNc2ccc(CC(CN(CC(=O)OC(C)(C)C)CC(=O)OC(C)(C)C)N(COOC(C)(C)C)C(C)CN(CC(=O)OC(C)(C)C)CC(=O)OC(C)(C)C)cc2)CSSCC(C(=O)N[C@H](CO)C(C)O)NC1=O. The number of nitrogens with zero attached hydrogens (tertiary/aromatic N) is 3. The van der Waals surface area contributed by atoms with Gasteiger partial charge in [0.15, 0.2) is 0 Å². The van der Waals surface area contributed by atoms with E-state index < -0.39 is 197 Å². The Kier molecular flexibility index (Phi) is 44.9. The third-order valence-electron chi connectivity index (χ3n) is 20.4. The molecule has 5 aromatic rings. The van der Waals surface area contributed by atoms with Crippen molar-refractivity contribution in [2.45, 2.75) is 297 Å². The highest BCUT2D eigenvalue weighted by Gasteiger charge is 2.40. The first-order chi connectivity index (χ1) is 63.9. The Morgan fingerprint density at radius 3 is 1.57 bits per heavy atom. The predicted molar refractivity (Wildman–Crippen MR) is 520 cm³/mol. The number of ether oxygens (including phenoxy) is 5. The summed E-state index contributed by atoms with van der Waals surface area (Å²) in [7, 11) is 1.81. The number of rotatable bonds is 41. The normalized spacial score (nSPS) is 18.6. The lowest BCUT2D eigenvalue weighted by atomic mass is 10.0. The number of amides is 9. The minimum Gasteiger partial charge on any atom is -0.508 e. The molecule has 1 aromatic heterocycles. The first kappa shape index (κ1) is 115. The van der Waals surface area contributed by atoms with Crippen LogP contribution in [-0.2, 0) is 117 Å². The summed E-state index contributed by atoms with van der Waals surface area (Å²) in [6, 6.07) is 14.6. The third kappa shape index (κ3) is 44.3. The molecule has 7 unspecified atom stereocenters. The van der Waals surface area contributed by atoms with Crippen LogP contribution in [0.2, 0.25) is 0 Å². The maximum Gasteiger partial charge on any atom is 0.407 e. The molecule has 0 bridgehead atoms. The highest BCUT2D eigenvalue weighted by atomic mass is 33.1. The van der Waals surface area contributed by atoms with E-state index >= 15 is 19.2 Å². The van der Waals surface area contributed by atoms with Gasteiger partial charge >= 0.3 is 30.0 Å². The maximum absolute atomic E-state index is 15.6. The smallest absolute Gasteiger partial charge is 0.407 e. The molecule has 0 aliphatic carbocycles. The molecule has 1 aliphatic heterocycles. The van der Waals surface area contributed by atoms with E-state index in [9.17, 15) is 63.6 Å². The Labute approximate surface area is 811 Å². The molecule has 6 rings (SSSR count). The third-order valence-corrected chi connectivity index (χ3v) is 22.8. The van der Waals surface area contributed by atoms with E-state index in [0.717, 1.165) is 21.6 Å². The predicted octanol–water partition coefficient (Wildman–Crippen LogP) is 6.01. The van der Waals surface area contributed by atoms with Crippen molar-refractivity contribution in [3.63, 3.8) is 0 Å². The number of aliphatic hydroxyl groups excluding tert-OH is 3. The molecule has 1 fully saturated rings. The lowest BCUT2D eigenvalue weighted by Gasteiger charge is -2.40. The minimum absolute atomic E-state index is 0.0252. The number of nitrogens with one attached hydrogen (secondary N) is 11. The second-order valence-corrected chi connectivity index (χ2v) is 42.8. The zero-order chi connectivity index (χ0) is 102. The summed E-state index contributed by atoms with van der Waals surface area (Å²) in [6.45, 7) is 32.7. The number of H-pyrrole nitrogens is 1. The van der Waals surface area contributed by atoms with E-state index in [-0.39, 0.29) is 115 Å². The topological polar surface area (TPSA) is 513 Å². The molecular formula is C97H146N14O24S2. The van der Waals surface area contributed by atoms with Crippen LogP contribution in [0.3, 0.4) is 0 Å². The van der Waals surface area contributed by atoms with Crippen molar-refractivity contribution in [2.24, 2.45) is 0 Å². The molecule has 0 radical (unpaired) electrons. The molecule has 137 heavy (non-hydrogen) atoms. The number of alkyl carbamates (subject to hydrolysis) is 1. The molecule has 0 saturated carbocycles. The number of benzene rings is 4. The highest BCUT2D eigenvalue weighted by Crippen LogP contribution is 2.28. The first-order valence-electron chi connectivity index (χ1n) is 46.0. The van der Waals surface area contributed by atoms with Crippen LogP contribution < -0.4 is 53.2 Å². The molecule has 4 aromatic carbocycles. The Hall–Kier alpha value is -10.7. The number of phenolic OH excluding ortho intramolecular Hbond substituents is 1. The van der Waals surface area contributed by atoms with Crippen molar-refractivity contribution in [3.8, 4) is 5.75 Å². The van der Waals surface area contributed by atoms with Crippen molar-refractivity contribution in [2.75, 3.05) is 82.5 Å².